The van der Waals surface area contributed by atoms with Gasteiger partial charge in [0.05, 0.1) is 68.8 Å². The van der Waals surface area contributed by atoms with E-state index in [4.69, 9.17) is 24.9 Å². The minimum Gasteiger partial charge on any atom is -0.395 e. The van der Waals surface area contributed by atoms with Crippen molar-refractivity contribution in [2.24, 2.45) is 10.7 Å². The molecule has 1 fully saturated rings. The number of aliphatic imine (C=N–C) groups is 1. The average Bonchev–Trinajstić information content (AvgIpc) is 1.73. The lowest BCUT2D eigenvalue weighted by Gasteiger charge is -2.29. The first kappa shape index (κ1) is 67.5. The number of nitrogens with one attached hydrogen (secondary N) is 6. The second-order valence-corrected chi connectivity index (χ2v) is 22.2. The minimum absolute atomic E-state index is 0.00556. The fraction of sp³-hybridized carbons (Fsp3) is 0.574. The molecule has 4 aliphatic rings. The molecule has 25 heteroatoms. The summed E-state index contributed by atoms with van der Waals surface area (Å²) in [6.45, 7) is 7.24. The molecule has 6 atom stereocenters. The Morgan fingerprint density at radius 3 is 2.24 bits per heavy atom. The van der Waals surface area contributed by atoms with Gasteiger partial charge in [0.1, 0.15) is 37.0 Å². The van der Waals surface area contributed by atoms with E-state index in [1.54, 1.807) is 11.1 Å². The molecule has 0 saturated heterocycles. The smallest absolute Gasteiger partial charge is 0.253 e. The SMILES string of the molecule is CCCN(CCO)C(=O)C1=Cc2ccc(C3(C(=O)Nc4cnc5c(c4)CN(CCCOCCOCCOCN[C@@H](O)CN[C@@H](O)[C@H](Cc4ccccc4)N[C@@H](O)CN[C@@H](O)CN[C@@H](O)CCCCCN4C(=O)C=CC4=O)CC5)CC3)cc2N=C(N)C1. The van der Waals surface area contributed by atoms with Gasteiger partial charge in [0.2, 0.25) is 11.8 Å². The van der Waals surface area contributed by atoms with Gasteiger partial charge in [0, 0.05) is 107 Å². The van der Waals surface area contributed by atoms with Crippen LogP contribution in [-0.2, 0) is 58.2 Å². The lowest BCUT2D eigenvalue weighted by molar-refractivity contribution is -0.137. The van der Waals surface area contributed by atoms with E-state index < -0.39 is 42.6 Å². The Balaban J connectivity index is 0.714. The van der Waals surface area contributed by atoms with Crippen LogP contribution in [0.25, 0.3) is 6.08 Å². The number of amidine groups is 1. The first-order chi connectivity index (χ1) is 41.6. The summed E-state index contributed by atoms with van der Waals surface area (Å²) in [4.78, 5) is 65.2. The summed E-state index contributed by atoms with van der Waals surface area (Å²) >= 11 is 0. The number of unbranched alkanes of at least 4 members (excludes halogenated alkanes) is 2. The van der Waals surface area contributed by atoms with Gasteiger partial charge in [-0.25, -0.2) is 4.99 Å². The molecule has 0 unspecified atom stereocenters. The maximum Gasteiger partial charge on any atom is 0.253 e. The summed E-state index contributed by atoms with van der Waals surface area (Å²) in [7, 11) is 0. The van der Waals surface area contributed by atoms with Crippen molar-refractivity contribution in [2.45, 2.75) is 127 Å². The number of ether oxygens (including phenoxy) is 3. The van der Waals surface area contributed by atoms with Crippen LogP contribution in [0.5, 0.6) is 0 Å². The van der Waals surface area contributed by atoms with E-state index >= 15 is 0 Å². The standard InChI is InChI=1S/C61H90N12O13/c1-2-20-72(24-25-74)59(82)44-32-43-13-14-46(35-49(43)69-51(62)34-44)61(18-19-61)60(83)68-47-33-45-40-71(23-17-48(45)63-36-47)21-9-26-84-27-28-85-29-30-86-41-67-54(77)38-66-58(81)50(31-42-10-5-3-6-11-42)70-55(78)39-65-53(76)37-64-52(75)12-7-4-8-22-73-56(79)15-16-57(73)80/h3,5-6,10-11,13-16,32-33,35-36,50,52-55,58,64-67,70,74-78,81H,2,4,7-9,12,17-31,34,37-41H2,1H3,(H2,62,69)(H,68,83)/t50-,52-,53-,54-,55-,58-/m0/s1. The van der Waals surface area contributed by atoms with Crippen molar-refractivity contribution in [3.05, 3.63) is 106 Å². The lowest BCUT2D eigenvalue weighted by Crippen LogP contribution is -2.57. The number of nitrogens with two attached hydrogens (primary N) is 1. The van der Waals surface area contributed by atoms with Crippen LogP contribution in [0.4, 0.5) is 11.4 Å². The summed E-state index contributed by atoms with van der Waals surface area (Å²) in [5.41, 5.74) is 12.0. The molecular formula is C61H90N12O13. The Morgan fingerprint density at radius 2 is 1.50 bits per heavy atom. The molecule has 4 heterocycles. The monoisotopic (exact) mass is 1200 g/mol. The molecule has 14 N–H and O–H groups in total. The largest absolute Gasteiger partial charge is 0.395 e. The molecule has 472 valence electrons. The molecule has 0 radical (unpaired) electrons. The highest BCUT2D eigenvalue weighted by Gasteiger charge is 2.51. The van der Waals surface area contributed by atoms with Crippen molar-refractivity contribution in [1.82, 2.24) is 46.3 Å². The number of carbonyl (C=O) groups excluding carboxylic acids is 4. The van der Waals surface area contributed by atoms with Crippen molar-refractivity contribution < 1.29 is 64.0 Å². The van der Waals surface area contributed by atoms with Crippen LogP contribution in [0.15, 0.2) is 83.5 Å². The van der Waals surface area contributed by atoms with Crippen LogP contribution >= 0.6 is 0 Å². The number of benzene rings is 2. The van der Waals surface area contributed by atoms with Crippen molar-refractivity contribution in [2.75, 3.05) is 104 Å². The van der Waals surface area contributed by atoms with Crippen molar-refractivity contribution in [3.63, 3.8) is 0 Å². The predicted octanol–water partition coefficient (Wildman–Crippen LogP) is 0.151. The molecule has 0 bridgehead atoms. The Labute approximate surface area is 503 Å². The third kappa shape index (κ3) is 21.4. The van der Waals surface area contributed by atoms with E-state index in [-0.39, 0.29) is 76.2 Å². The highest BCUT2D eigenvalue weighted by atomic mass is 16.5. The number of imide groups is 1. The summed E-state index contributed by atoms with van der Waals surface area (Å²) in [6.07, 6.45) is 7.27. The van der Waals surface area contributed by atoms with Gasteiger partial charge in [-0.3, -0.25) is 60.5 Å². The van der Waals surface area contributed by atoms with Gasteiger partial charge in [-0.15, -0.1) is 0 Å². The Bertz CT molecular complexity index is 2710. The number of aliphatic hydroxyl groups is 6. The first-order valence-electron chi connectivity index (χ1n) is 30.1. The number of amides is 4. The summed E-state index contributed by atoms with van der Waals surface area (Å²) in [5, 5.41) is 80.3. The second kappa shape index (κ2) is 35.1. The van der Waals surface area contributed by atoms with Crippen molar-refractivity contribution >= 4 is 46.9 Å². The lowest BCUT2D eigenvalue weighted by atomic mass is 9.92. The number of carbonyl (C=O) groups is 4. The predicted molar refractivity (Wildman–Crippen MR) is 323 cm³/mol. The first-order valence-corrected chi connectivity index (χ1v) is 30.1. The van der Waals surface area contributed by atoms with Crippen molar-refractivity contribution in [3.8, 4) is 0 Å². The van der Waals surface area contributed by atoms with E-state index in [1.807, 2.05) is 67.6 Å². The molecule has 7 rings (SSSR count). The zero-order valence-electron chi connectivity index (χ0n) is 49.4. The highest BCUT2D eigenvalue weighted by Crippen LogP contribution is 2.50. The number of aromatic nitrogens is 1. The highest BCUT2D eigenvalue weighted by molar-refractivity contribution is 6.13. The van der Waals surface area contributed by atoms with Gasteiger partial charge in [0.25, 0.3) is 11.8 Å². The Kier molecular flexibility index (Phi) is 27.6. The van der Waals surface area contributed by atoms with Gasteiger partial charge in [-0.1, -0.05) is 55.8 Å². The van der Waals surface area contributed by atoms with Crippen LogP contribution in [0.1, 0.15) is 92.7 Å². The molecule has 25 nitrogen and oxygen atoms in total. The maximum absolute atomic E-state index is 14.0. The van der Waals surface area contributed by atoms with E-state index in [2.05, 4.69) is 41.8 Å². The molecule has 1 saturated carbocycles. The molecule has 0 spiro atoms. The molecular weight excluding hydrogens is 1110 g/mol. The van der Waals surface area contributed by atoms with Gasteiger partial charge in [-0.2, -0.15) is 0 Å². The number of rotatable bonds is 41. The van der Waals surface area contributed by atoms with E-state index in [9.17, 15) is 49.8 Å². The number of pyridine rings is 1. The average molecular weight is 1200 g/mol. The van der Waals surface area contributed by atoms with Crippen LogP contribution in [0.3, 0.4) is 0 Å². The number of aliphatic hydroxyl groups excluding tert-OH is 6. The summed E-state index contributed by atoms with van der Waals surface area (Å²) in [6, 6.07) is 16.5. The number of fused-ring (bicyclic) bond motifs is 2. The summed E-state index contributed by atoms with van der Waals surface area (Å²) in [5.74, 6) is -0.596. The minimum atomic E-state index is -1.19. The quantitative estimate of drug-likeness (QED) is 0.0204. The molecule has 3 aliphatic heterocycles. The van der Waals surface area contributed by atoms with Gasteiger partial charge in [0.15, 0.2) is 0 Å². The van der Waals surface area contributed by atoms with Gasteiger partial charge >= 0.3 is 0 Å². The normalized spacial score (nSPS) is 17.6. The van der Waals surface area contributed by atoms with E-state index in [0.717, 1.165) is 60.3 Å². The van der Waals surface area contributed by atoms with Crippen LogP contribution in [0.2, 0.25) is 0 Å². The van der Waals surface area contributed by atoms with E-state index in [0.29, 0.717) is 114 Å². The number of anilines is 1. The second-order valence-electron chi connectivity index (χ2n) is 22.2. The van der Waals surface area contributed by atoms with Crippen LogP contribution < -0.4 is 37.6 Å². The zero-order chi connectivity index (χ0) is 61.3. The van der Waals surface area contributed by atoms with Crippen LogP contribution in [-0.4, -0.2) is 216 Å². The number of hydrogen-bond donors (Lipinski definition) is 13. The summed E-state index contributed by atoms with van der Waals surface area (Å²) < 4.78 is 17.1. The van der Waals surface area contributed by atoms with E-state index in [1.165, 1.54) is 17.1 Å². The Hall–Kier alpha value is -5.98. The van der Waals surface area contributed by atoms with Crippen molar-refractivity contribution in [1.29, 1.82) is 0 Å². The molecule has 86 heavy (non-hydrogen) atoms. The fourth-order valence-electron chi connectivity index (χ4n) is 10.5. The third-order valence-corrected chi connectivity index (χ3v) is 15.4. The van der Waals surface area contributed by atoms with Gasteiger partial charge in [-0.05, 0) is 86.3 Å². The maximum atomic E-state index is 14.0. The van der Waals surface area contributed by atoms with Gasteiger partial charge < -0.3 is 60.8 Å². The molecule has 4 amide bonds. The molecule has 3 aromatic rings. The Morgan fingerprint density at radius 1 is 0.791 bits per heavy atom. The molecule has 1 aliphatic carbocycles. The topological polar surface area (TPSA) is 351 Å². The van der Waals surface area contributed by atoms with Crippen LogP contribution in [0, 0.1) is 0 Å². The fourth-order valence-corrected chi connectivity index (χ4v) is 10.5. The third-order valence-electron chi connectivity index (χ3n) is 15.4. The zero-order valence-corrected chi connectivity index (χ0v) is 49.4. The molecule has 2 aromatic carbocycles. The number of nitrogens with zero attached hydrogens (tertiary/aromatic N) is 5. The molecule has 1 aromatic heterocycles. The number of hydrogen-bond acceptors (Lipinski definition) is 22.